The van der Waals surface area contributed by atoms with Crippen molar-refractivity contribution in [1.82, 2.24) is 14.7 Å². The van der Waals surface area contributed by atoms with E-state index in [4.69, 9.17) is 5.73 Å². The number of amides is 2. The van der Waals surface area contributed by atoms with Crippen molar-refractivity contribution in [3.05, 3.63) is 30.0 Å². The number of nitrogens with two attached hydrogens (primary N) is 1. The fourth-order valence-electron chi connectivity index (χ4n) is 3.33. The van der Waals surface area contributed by atoms with Crippen molar-refractivity contribution < 1.29 is 9.59 Å². The minimum atomic E-state index is -0.885. The SMILES string of the molecule is CCn1cc2cc([C@H]3CC[C@H](C)CN3C(=O)C(N)=O)ccc2n1. The molecule has 0 saturated carbocycles. The van der Waals surface area contributed by atoms with Gasteiger partial charge in [0.2, 0.25) is 0 Å². The average Bonchev–Trinajstić information content (AvgIpc) is 2.96. The van der Waals surface area contributed by atoms with Gasteiger partial charge in [0.05, 0.1) is 11.6 Å². The van der Waals surface area contributed by atoms with Gasteiger partial charge in [0.25, 0.3) is 0 Å². The van der Waals surface area contributed by atoms with E-state index in [0.717, 1.165) is 35.9 Å². The molecule has 2 heterocycles. The van der Waals surface area contributed by atoms with Crippen LogP contribution in [0.15, 0.2) is 24.4 Å². The van der Waals surface area contributed by atoms with Gasteiger partial charge >= 0.3 is 11.8 Å². The summed E-state index contributed by atoms with van der Waals surface area (Å²) in [6.07, 6.45) is 3.87. The number of primary amides is 1. The highest BCUT2D eigenvalue weighted by molar-refractivity contribution is 6.34. The van der Waals surface area contributed by atoms with E-state index < -0.39 is 11.8 Å². The third-order valence-corrected chi connectivity index (χ3v) is 4.57. The van der Waals surface area contributed by atoms with E-state index in [1.807, 2.05) is 29.9 Å². The molecule has 23 heavy (non-hydrogen) atoms. The molecule has 0 spiro atoms. The van der Waals surface area contributed by atoms with Crippen LogP contribution in [0.4, 0.5) is 0 Å². The lowest BCUT2D eigenvalue weighted by Crippen LogP contribution is -2.46. The Morgan fingerprint density at radius 1 is 1.35 bits per heavy atom. The number of likely N-dealkylation sites (tertiary alicyclic amines) is 1. The maximum absolute atomic E-state index is 12.2. The van der Waals surface area contributed by atoms with E-state index in [2.05, 4.69) is 18.1 Å². The molecule has 1 aliphatic rings. The minimum absolute atomic E-state index is 0.0967. The normalized spacial score (nSPS) is 21.6. The Hall–Kier alpha value is -2.37. The summed E-state index contributed by atoms with van der Waals surface area (Å²) in [5.41, 5.74) is 7.20. The van der Waals surface area contributed by atoms with Crippen molar-refractivity contribution in [2.24, 2.45) is 11.7 Å². The van der Waals surface area contributed by atoms with Gasteiger partial charge in [0, 0.05) is 24.7 Å². The summed E-state index contributed by atoms with van der Waals surface area (Å²) in [7, 11) is 0. The van der Waals surface area contributed by atoms with E-state index in [9.17, 15) is 9.59 Å². The first-order chi connectivity index (χ1) is 11.0. The van der Waals surface area contributed by atoms with Crippen LogP contribution in [0.25, 0.3) is 10.9 Å². The Bertz CT molecular complexity index is 752. The summed E-state index contributed by atoms with van der Waals surface area (Å²) in [6, 6.07) is 5.94. The van der Waals surface area contributed by atoms with Crippen LogP contribution < -0.4 is 5.73 Å². The van der Waals surface area contributed by atoms with E-state index in [1.54, 1.807) is 4.90 Å². The molecular formula is C17H22N4O2. The van der Waals surface area contributed by atoms with Gasteiger partial charge in [-0.15, -0.1) is 0 Å². The van der Waals surface area contributed by atoms with Crippen molar-refractivity contribution in [2.75, 3.05) is 6.54 Å². The number of aryl methyl sites for hydroxylation is 1. The summed E-state index contributed by atoms with van der Waals surface area (Å²) in [6.45, 7) is 5.52. The number of hydrogen-bond acceptors (Lipinski definition) is 3. The van der Waals surface area contributed by atoms with Gasteiger partial charge in [0.15, 0.2) is 0 Å². The van der Waals surface area contributed by atoms with Crippen LogP contribution >= 0.6 is 0 Å². The number of piperidine rings is 1. The largest absolute Gasteiger partial charge is 0.361 e. The maximum atomic E-state index is 12.2. The number of benzene rings is 1. The van der Waals surface area contributed by atoms with Gasteiger partial charge in [-0.05, 0) is 43.4 Å². The van der Waals surface area contributed by atoms with Crippen LogP contribution in [-0.2, 0) is 16.1 Å². The number of aromatic nitrogens is 2. The van der Waals surface area contributed by atoms with Crippen molar-refractivity contribution in [3.63, 3.8) is 0 Å². The highest BCUT2D eigenvalue weighted by Crippen LogP contribution is 2.34. The molecule has 2 amide bonds. The molecule has 2 atom stereocenters. The molecule has 6 heteroatoms. The Balaban J connectivity index is 1.96. The Kier molecular flexibility index (Phi) is 4.07. The fourth-order valence-corrected chi connectivity index (χ4v) is 3.33. The van der Waals surface area contributed by atoms with Crippen LogP contribution in [0.5, 0.6) is 0 Å². The number of carbonyl (C=O) groups is 2. The smallest absolute Gasteiger partial charge is 0.312 e. The third kappa shape index (κ3) is 2.93. The van der Waals surface area contributed by atoms with Gasteiger partial charge in [0.1, 0.15) is 0 Å². The molecule has 2 N–H and O–H groups in total. The van der Waals surface area contributed by atoms with Gasteiger partial charge < -0.3 is 10.6 Å². The highest BCUT2D eigenvalue weighted by Gasteiger charge is 2.33. The number of carbonyl (C=O) groups excluding carboxylic acids is 2. The lowest BCUT2D eigenvalue weighted by Gasteiger charge is -2.38. The van der Waals surface area contributed by atoms with Gasteiger partial charge in [-0.3, -0.25) is 14.3 Å². The minimum Gasteiger partial charge on any atom is -0.361 e. The number of nitrogens with zero attached hydrogens (tertiary/aromatic N) is 3. The number of hydrogen-bond donors (Lipinski definition) is 1. The fraction of sp³-hybridized carbons (Fsp3) is 0.471. The molecular weight excluding hydrogens is 292 g/mol. The molecule has 0 bridgehead atoms. The molecule has 0 aliphatic carbocycles. The zero-order valence-electron chi connectivity index (χ0n) is 13.5. The van der Waals surface area contributed by atoms with Crippen LogP contribution in [0, 0.1) is 5.92 Å². The average molecular weight is 314 g/mol. The zero-order chi connectivity index (χ0) is 16.6. The lowest BCUT2D eigenvalue weighted by molar-refractivity contribution is -0.147. The first-order valence-electron chi connectivity index (χ1n) is 8.07. The second-order valence-electron chi connectivity index (χ2n) is 6.32. The van der Waals surface area contributed by atoms with Crippen molar-refractivity contribution in [3.8, 4) is 0 Å². The third-order valence-electron chi connectivity index (χ3n) is 4.57. The summed E-state index contributed by atoms with van der Waals surface area (Å²) in [4.78, 5) is 25.2. The van der Waals surface area contributed by atoms with Crippen LogP contribution in [0.2, 0.25) is 0 Å². The van der Waals surface area contributed by atoms with Crippen LogP contribution in [0.3, 0.4) is 0 Å². The van der Waals surface area contributed by atoms with Crippen molar-refractivity contribution in [1.29, 1.82) is 0 Å². The Morgan fingerprint density at radius 3 is 2.83 bits per heavy atom. The zero-order valence-corrected chi connectivity index (χ0v) is 13.5. The summed E-state index contributed by atoms with van der Waals surface area (Å²) in [5.74, 6) is -1.10. The summed E-state index contributed by atoms with van der Waals surface area (Å²) >= 11 is 0. The molecule has 122 valence electrons. The van der Waals surface area contributed by atoms with Gasteiger partial charge in [-0.1, -0.05) is 13.0 Å². The standard InChI is InChI=1S/C17H22N4O2/c1-3-20-10-13-8-12(5-6-14(13)19-20)15-7-4-11(2)9-21(15)17(23)16(18)22/h5-6,8,10-11,15H,3-4,7,9H2,1-2H3,(H2,18,22)/t11-,15+/m0/s1. The second kappa shape index (κ2) is 6.02. The highest BCUT2D eigenvalue weighted by atomic mass is 16.2. The number of fused-ring (bicyclic) bond motifs is 1. The van der Waals surface area contributed by atoms with Gasteiger partial charge in [-0.2, -0.15) is 5.10 Å². The summed E-state index contributed by atoms with van der Waals surface area (Å²) in [5, 5.41) is 5.52. The van der Waals surface area contributed by atoms with E-state index >= 15 is 0 Å². The maximum Gasteiger partial charge on any atom is 0.312 e. The predicted octanol–water partition coefficient (Wildman–Crippen LogP) is 1.84. The predicted molar refractivity (Wildman–Crippen MR) is 87.5 cm³/mol. The van der Waals surface area contributed by atoms with Gasteiger partial charge in [-0.25, -0.2) is 0 Å². The first kappa shape index (κ1) is 15.5. The Morgan fingerprint density at radius 2 is 2.13 bits per heavy atom. The molecule has 0 radical (unpaired) electrons. The van der Waals surface area contributed by atoms with E-state index in [-0.39, 0.29) is 6.04 Å². The molecule has 6 nitrogen and oxygen atoms in total. The molecule has 1 aliphatic heterocycles. The molecule has 0 unspecified atom stereocenters. The first-order valence-corrected chi connectivity index (χ1v) is 8.07. The van der Waals surface area contributed by atoms with Crippen molar-refractivity contribution >= 4 is 22.7 Å². The molecule has 1 aromatic heterocycles. The molecule has 1 fully saturated rings. The molecule has 3 rings (SSSR count). The van der Waals surface area contributed by atoms with Crippen molar-refractivity contribution in [2.45, 2.75) is 39.3 Å². The second-order valence-corrected chi connectivity index (χ2v) is 6.32. The molecule has 2 aromatic rings. The van der Waals surface area contributed by atoms with E-state index in [0.29, 0.717) is 12.5 Å². The lowest BCUT2D eigenvalue weighted by atomic mass is 9.89. The monoisotopic (exact) mass is 314 g/mol. The van der Waals surface area contributed by atoms with Crippen LogP contribution in [0.1, 0.15) is 38.3 Å². The summed E-state index contributed by atoms with van der Waals surface area (Å²) < 4.78 is 1.89. The Labute approximate surface area is 135 Å². The van der Waals surface area contributed by atoms with E-state index in [1.165, 1.54) is 0 Å². The quantitative estimate of drug-likeness (QED) is 0.859. The molecule has 1 aromatic carbocycles. The number of rotatable bonds is 2. The van der Waals surface area contributed by atoms with Crippen LogP contribution in [-0.4, -0.2) is 33.0 Å². The molecule has 1 saturated heterocycles. The topological polar surface area (TPSA) is 81.2 Å².